The van der Waals surface area contributed by atoms with Crippen LogP contribution in [0.5, 0.6) is 0 Å². The second-order valence-electron chi connectivity index (χ2n) is 4.88. The van der Waals surface area contributed by atoms with Crippen molar-refractivity contribution < 1.29 is 8.42 Å². The fourth-order valence-electron chi connectivity index (χ4n) is 2.37. The van der Waals surface area contributed by atoms with Gasteiger partial charge in [0.2, 0.25) is 10.0 Å². The molecule has 6 heteroatoms. The zero-order chi connectivity index (χ0) is 13.9. The van der Waals surface area contributed by atoms with Crippen molar-refractivity contribution in [3.05, 3.63) is 28.2 Å². The van der Waals surface area contributed by atoms with Crippen LogP contribution in [0.25, 0.3) is 0 Å². The summed E-state index contributed by atoms with van der Waals surface area (Å²) in [6.07, 6.45) is 6.29. The lowest BCUT2D eigenvalue weighted by Crippen LogP contribution is -2.34. The van der Waals surface area contributed by atoms with Crippen LogP contribution in [-0.2, 0) is 10.0 Å². The van der Waals surface area contributed by atoms with Gasteiger partial charge in [-0.2, -0.15) is 0 Å². The summed E-state index contributed by atoms with van der Waals surface area (Å²) >= 11 is 11.7. The molecule has 1 N–H and O–H groups in total. The molecule has 1 aliphatic carbocycles. The molecule has 0 heterocycles. The van der Waals surface area contributed by atoms with Gasteiger partial charge >= 0.3 is 0 Å². The van der Waals surface area contributed by atoms with E-state index in [9.17, 15) is 8.42 Å². The molecular weight excluding hydrogens is 305 g/mol. The molecule has 0 unspecified atom stereocenters. The maximum atomic E-state index is 12.3. The molecule has 1 saturated carbocycles. The molecule has 0 bridgehead atoms. The van der Waals surface area contributed by atoms with Crippen LogP contribution in [0.15, 0.2) is 23.1 Å². The molecule has 0 saturated heterocycles. The topological polar surface area (TPSA) is 46.2 Å². The van der Waals surface area contributed by atoms with Crippen LogP contribution in [0.4, 0.5) is 0 Å². The van der Waals surface area contributed by atoms with E-state index in [1.54, 1.807) is 0 Å². The number of sulfonamides is 1. The van der Waals surface area contributed by atoms with E-state index >= 15 is 0 Å². The highest BCUT2D eigenvalue weighted by atomic mass is 35.5. The van der Waals surface area contributed by atoms with E-state index in [0.717, 1.165) is 25.7 Å². The molecule has 106 valence electrons. The lowest BCUT2D eigenvalue weighted by atomic mass is 10.1. The van der Waals surface area contributed by atoms with Crippen molar-refractivity contribution in [3.63, 3.8) is 0 Å². The summed E-state index contributed by atoms with van der Waals surface area (Å²) in [5.74, 6) is 0. The maximum Gasteiger partial charge on any atom is 0.242 e. The molecule has 0 aromatic heterocycles. The van der Waals surface area contributed by atoms with Crippen molar-refractivity contribution in [3.8, 4) is 0 Å². The minimum atomic E-state index is -3.56. The first-order valence-electron chi connectivity index (χ1n) is 6.46. The first-order valence-corrected chi connectivity index (χ1v) is 8.70. The third-order valence-electron chi connectivity index (χ3n) is 3.36. The molecule has 1 fully saturated rings. The number of hydrogen-bond donors (Lipinski definition) is 1. The van der Waals surface area contributed by atoms with Crippen LogP contribution in [0.1, 0.15) is 38.5 Å². The molecule has 0 aliphatic heterocycles. The van der Waals surface area contributed by atoms with Gasteiger partial charge in [0.1, 0.15) is 4.90 Å². The van der Waals surface area contributed by atoms with Gasteiger partial charge in [0.15, 0.2) is 0 Å². The fourth-order valence-corrected chi connectivity index (χ4v) is 4.45. The first kappa shape index (κ1) is 15.1. The van der Waals surface area contributed by atoms with E-state index in [2.05, 4.69) is 4.72 Å². The van der Waals surface area contributed by atoms with Gasteiger partial charge < -0.3 is 0 Å². The van der Waals surface area contributed by atoms with E-state index in [1.165, 1.54) is 31.0 Å². The van der Waals surface area contributed by atoms with Gasteiger partial charge in [-0.15, -0.1) is 0 Å². The van der Waals surface area contributed by atoms with Crippen molar-refractivity contribution >= 4 is 33.2 Å². The van der Waals surface area contributed by atoms with Gasteiger partial charge in [-0.25, -0.2) is 13.1 Å². The van der Waals surface area contributed by atoms with Crippen molar-refractivity contribution in [1.29, 1.82) is 0 Å². The molecule has 2 rings (SSSR count). The van der Waals surface area contributed by atoms with Gasteiger partial charge in [-0.3, -0.25) is 0 Å². The van der Waals surface area contributed by atoms with Crippen molar-refractivity contribution in [1.82, 2.24) is 4.72 Å². The van der Waals surface area contributed by atoms with Gasteiger partial charge in [0, 0.05) is 11.1 Å². The monoisotopic (exact) mass is 321 g/mol. The Morgan fingerprint density at radius 2 is 1.68 bits per heavy atom. The van der Waals surface area contributed by atoms with E-state index in [1.807, 2.05) is 0 Å². The van der Waals surface area contributed by atoms with E-state index in [-0.39, 0.29) is 16.0 Å². The Morgan fingerprint density at radius 1 is 1.05 bits per heavy atom. The Bertz CT molecular complexity index is 538. The fraction of sp³-hybridized carbons (Fsp3) is 0.538. The number of hydrogen-bond acceptors (Lipinski definition) is 2. The molecule has 19 heavy (non-hydrogen) atoms. The average Bonchev–Trinajstić information content (AvgIpc) is 2.56. The van der Waals surface area contributed by atoms with Crippen LogP contribution in [-0.4, -0.2) is 14.5 Å². The lowest BCUT2D eigenvalue weighted by Gasteiger charge is -2.17. The van der Waals surface area contributed by atoms with Gasteiger partial charge in [-0.1, -0.05) is 48.9 Å². The molecule has 1 aromatic carbocycles. The smallest absolute Gasteiger partial charge is 0.208 e. The summed E-state index contributed by atoms with van der Waals surface area (Å²) in [5.41, 5.74) is 0. The number of benzene rings is 1. The van der Waals surface area contributed by atoms with E-state index in [4.69, 9.17) is 23.2 Å². The summed E-state index contributed by atoms with van der Waals surface area (Å²) in [6, 6.07) is 4.45. The molecule has 0 atom stereocenters. The van der Waals surface area contributed by atoms with Crippen LogP contribution < -0.4 is 4.72 Å². The highest BCUT2D eigenvalue weighted by molar-refractivity contribution is 7.89. The van der Waals surface area contributed by atoms with Gasteiger partial charge in [-0.05, 0) is 31.0 Å². The second kappa shape index (κ2) is 6.44. The number of nitrogens with one attached hydrogen (secondary N) is 1. The van der Waals surface area contributed by atoms with Crippen LogP contribution in [0, 0.1) is 0 Å². The zero-order valence-corrected chi connectivity index (χ0v) is 12.9. The molecule has 0 spiro atoms. The predicted octanol–water partition coefficient (Wildman–Crippen LogP) is 3.99. The Labute approximate surface area is 124 Å². The van der Waals surface area contributed by atoms with E-state index < -0.39 is 10.0 Å². The number of halogens is 2. The molecule has 0 radical (unpaired) electrons. The SMILES string of the molecule is O=S(=O)(NC1CCCCCC1)c1ccc(Cl)cc1Cl. The maximum absolute atomic E-state index is 12.3. The summed E-state index contributed by atoms with van der Waals surface area (Å²) in [6.45, 7) is 0. The van der Waals surface area contributed by atoms with Crippen LogP contribution in [0.3, 0.4) is 0 Å². The Morgan fingerprint density at radius 3 is 2.26 bits per heavy atom. The predicted molar refractivity (Wildman–Crippen MR) is 78.3 cm³/mol. The Kier molecular flexibility index (Phi) is 5.12. The quantitative estimate of drug-likeness (QED) is 0.855. The third-order valence-corrected chi connectivity index (χ3v) is 5.60. The Hall–Kier alpha value is -0.290. The summed E-state index contributed by atoms with van der Waals surface area (Å²) in [7, 11) is -3.56. The van der Waals surface area contributed by atoms with Crippen LogP contribution in [0.2, 0.25) is 10.0 Å². The van der Waals surface area contributed by atoms with E-state index in [0.29, 0.717) is 5.02 Å². The second-order valence-corrected chi connectivity index (χ2v) is 7.41. The molecule has 0 amide bonds. The van der Waals surface area contributed by atoms with Crippen molar-refractivity contribution in [2.24, 2.45) is 0 Å². The first-order chi connectivity index (χ1) is 8.99. The zero-order valence-electron chi connectivity index (χ0n) is 10.5. The standard InChI is InChI=1S/C13H17Cl2NO2S/c14-10-7-8-13(12(15)9-10)19(17,18)16-11-5-3-1-2-4-6-11/h7-9,11,16H,1-6H2. The van der Waals surface area contributed by atoms with Gasteiger partial charge in [0.25, 0.3) is 0 Å². The summed E-state index contributed by atoms with van der Waals surface area (Å²) in [5, 5.41) is 0.590. The average molecular weight is 322 g/mol. The largest absolute Gasteiger partial charge is 0.242 e. The molecule has 3 nitrogen and oxygen atoms in total. The lowest BCUT2D eigenvalue weighted by molar-refractivity contribution is 0.510. The summed E-state index contributed by atoms with van der Waals surface area (Å²) in [4.78, 5) is 0.0998. The van der Waals surface area contributed by atoms with Crippen LogP contribution >= 0.6 is 23.2 Å². The summed E-state index contributed by atoms with van der Waals surface area (Å²) < 4.78 is 27.4. The van der Waals surface area contributed by atoms with Crippen molar-refractivity contribution in [2.75, 3.05) is 0 Å². The minimum Gasteiger partial charge on any atom is -0.208 e. The molecule has 1 aromatic rings. The van der Waals surface area contributed by atoms with Crippen molar-refractivity contribution in [2.45, 2.75) is 49.5 Å². The minimum absolute atomic E-state index is 0.0132. The number of rotatable bonds is 3. The Balaban J connectivity index is 2.17. The normalized spacial score (nSPS) is 18.2. The molecule has 1 aliphatic rings. The van der Waals surface area contributed by atoms with Gasteiger partial charge in [0.05, 0.1) is 5.02 Å². The highest BCUT2D eigenvalue weighted by Gasteiger charge is 2.23. The molecular formula is C13H17Cl2NO2S. The highest BCUT2D eigenvalue weighted by Crippen LogP contribution is 2.26. The third kappa shape index (κ3) is 4.09.